The molecule has 15 heavy (non-hydrogen) atoms. The van der Waals surface area contributed by atoms with Crippen LogP contribution >= 0.6 is 0 Å². The van der Waals surface area contributed by atoms with E-state index in [9.17, 15) is 5.11 Å². The van der Waals surface area contributed by atoms with Crippen molar-refractivity contribution in [1.29, 1.82) is 0 Å². The molecule has 0 aromatic carbocycles. The number of nitrogens with zero attached hydrogens (tertiary/aromatic N) is 1. The maximum absolute atomic E-state index is 9.66. The predicted octanol–water partition coefficient (Wildman–Crippen LogP) is 1.08. The first kappa shape index (κ1) is 12.9. The molecule has 1 rings (SSSR count). The zero-order chi connectivity index (χ0) is 11.5. The van der Waals surface area contributed by atoms with Gasteiger partial charge in [0.05, 0.1) is 12.1 Å². The largest absolute Gasteiger partial charge is 0.394 e. The lowest BCUT2D eigenvalue weighted by atomic mass is 9.93. The van der Waals surface area contributed by atoms with Gasteiger partial charge in [-0.15, -0.1) is 0 Å². The molecule has 0 heterocycles. The van der Waals surface area contributed by atoms with E-state index in [-0.39, 0.29) is 12.1 Å². The third-order valence-electron chi connectivity index (χ3n) is 3.58. The van der Waals surface area contributed by atoms with Gasteiger partial charge in [-0.25, -0.2) is 0 Å². The van der Waals surface area contributed by atoms with E-state index in [0.29, 0.717) is 12.0 Å². The lowest BCUT2D eigenvalue weighted by molar-refractivity contribution is 0.0912. The average molecular weight is 214 g/mol. The minimum atomic E-state index is -0.0617. The van der Waals surface area contributed by atoms with Crippen molar-refractivity contribution < 1.29 is 5.11 Å². The number of aliphatic hydroxyl groups excluding tert-OH is 1. The highest BCUT2D eigenvalue weighted by molar-refractivity contribution is 5.02. The molecule has 0 aliphatic heterocycles. The van der Waals surface area contributed by atoms with Gasteiger partial charge in [0.15, 0.2) is 0 Å². The summed E-state index contributed by atoms with van der Waals surface area (Å²) >= 11 is 0. The molecule has 3 heteroatoms. The van der Waals surface area contributed by atoms with Crippen LogP contribution in [0.3, 0.4) is 0 Å². The van der Waals surface area contributed by atoms with E-state index in [2.05, 4.69) is 38.0 Å². The van der Waals surface area contributed by atoms with Crippen LogP contribution in [0, 0.1) is 5.92 Å². The van der Waals surface area contributed by atoms with Gasteiger partial charge in [0, 0.05) is 12.6 Å². The monoisotopic (exact) mass is 214 g/mol. The molecule has 2 N–H and O–H groups in total. The van der Waals surface area contributed by atoms with Gasteiger partial charge in [0.2, 0.25) is 0 Å². The smallest absolute Gasteiger partial charge is 0.0628 e. The van der Waals surface area contributed by atoms with Crippen molar-refractivity contribution >= 4 is 0 Å². The van der Waals surface area contributed by atoms with Gasteiger partial charge in [-0.05, 0) is 46.2 Å². The Balaban J connectivity index is 2.61. The molecule has 1 atom stereocenters. The highest BCUT2D eigenvalue weighted by Crippen LogP contribution is 2.40. The van der Waals surface area contributed by atoms with Crippen LogP contribution in [-0.4, -0.2) is 48.3 Å². The molecule has 1 aliphatic carbocycles. The first-order valence-electron chi connectivity index (χ1n) is 6.12. The minimum Gasteiger partial charge on any atom is -0.394 e. The minimum absolute atomic E-state index is 0.0617. The van der Waals surface area contributed by atoms with Gasteiger partial charge in [0.1, 0.15) is 0 Å². The fraction of sp³-hybridized carbons (Fsp3) is 1.00. The summed E-state index contributed by atoms with van der Waals surface area (Å²) < 4.78 is 0. The van der Waals surface area contributed by atoms with Crippen molar-refractivity contribution in [3.63, 3.8) is 0 Å². The quantitative estimate of drug-likeness (QED) is 0.665. The Labute approximate surface area is 93.9 Å². The second-order valence-electron chi connectivity index (χ2n) is 5.13. The number of rotatable bonds is 7. The van der Waals surface area contributed by atoms with Gasteiger partial charge < -0.3 is 15.3 Å². The molecule has 0 radical (unpaired) electrons. The third kappa shape index (κ3) is 3.16. The van der Waals surface area contributed by atoms with Crippen molar-refractivity contribution in [2.75, 3.05) is 26.7 Å². The average Bonchev–Trinajstić information content (AvgIpc) is 3.00. The topological polar surface area (TPSA) is 35.5 Å². The molecule has 1 fully saturated rings. The number of aliphatic hydroxyl groups is 1. The Kier molecular flexibility index (Phi) is 4.56. The van der Waals surface area contributed by atoms with Crippen LogP contribution in [0.5, 0.6) is 0 Å². The first-order valence-corrected chi connectivity index (χ1v) is 6.12. The fourth-order valence-electron chi connectivity index (χ4n) is 2.18. The summed E-state index contributed by atoms with van der Waals surface area (Å²) in [5.41, 5.74) is -0.0617. The summed E-state index contributed by atoms with van der Waals surface area (Å²) in [5, 5.41) is 13.2. The van der Waals surface area contributed by atoms with Crippen LogP contribution in [0.4, 0.5) is 0 Å². The first-order chi connectivity index (χ1) is 7.05. The van der Waals surface area contributed by atoms with Crippen LogP contribution < -0.4 is 5.32 Å². The molecular weight excluding hydrogens is 188 g/mol. The Morgan fingerprint density at radius 3 is 2.40 bits per heavy atom. The molecular formula is C12H26N2O. The molecule has 0 bridgehead atoms. The zero-order valence-corrected chi connectivity index (χ0v) is 10.6. The number of nitrogens with one attached hydrogen (secondary N) is 1. The van der Waals surface area contributed by atoms with Crippen LogP contribution in [-0.2, 0) is 0 Å². The predicted molar refractivity (Wildman–Crippen MR) is 64.0 cm³/mol. The van der Waals surface area contributed by atoms with E-state index in [0.717, 1.165) is 13.1 Å². The van der Waals surface area contributed by atoms with Gasteiger partial charge >= 0.3 is 0 Å². The highest BCUT2D eigenvalue weighted by atomic mass is 16.3. The molecule has 3 nitrogen and oxygen atoms in total. The number of likely N-dealkylation sites (N-methyl/N-ethyl adjacent to an activating group) is 2. The lowest BCUT2D eigenvalue weighted by Crippen LogP contribution is -2.58. The van der Waals surface area contributed by atoms with Gasteiger partial charge in [-0.2, -0.15) is 0 Å². The van der Waals surface area contributed by atoms with E-state index >= 15 is 0 Å². The second-order valence-corrected chi connectivity index (χ2v) is 5.13. The molecule has 0 saturated heterocycles. The molecule has 1 unspecified atom stereocenters. The molecule has 1 aliphatic rings. The fourth-order valence-corrected chi connectivity index (χ4v) is 2.18. The Morgan fingerprint density at radius 2 is 2.07 bits per heavy atom. The maximum atomic E-state index is 9.66. The van der Waals surface area contributed by atoms with Crippen LogP contribution in [0.15, 0.2) is 0 Å². The molecule has 0 aromatic rings. The Morgan fingerprint density at radius 1 is 1.47 bits per heavy atom. The molecule has 0 aromatic heterocycles. The number of hydrogen-bond donors (Lipinski definition) is 2. The van der Waals surface area contributed by atoms with E-state index in [1.807, 2.05) is 0 Å². The van der Waals surface area contributed by atoms with Gasteiger partial charge in [-0.1, -0.05) is 6.92 Å². The van der Waals surface area contributed by atoms with Gasteiger partial charge in [0.25, 0.3) is 0 Å². The highest BCUT2D eigenvalue weighted by Gasteiger charge is 2.44. The molecule has 0 amide bonds. The van der Waals surface area contributed by atoms with Gasteiger partial charge in [-0.3, -0.25) is 0 Å². The van der Waals surface area contributed by atoms with E-state index in [1.165, 1.54) is 12.8 Å². The van der Waals surface area contributed by atoms with E-state index in [1.54, 1.807) is 0 Å². The van der Waals surface area contributed by atoms with Crippen molar-refractivity contribution in [1.82, 2.24) is 10.2 Å². The normalized spacial score (nSPS) is 21.0. The van der Waals surface area contributed by atoms with Crippen molar-refractivity contribution in [2.24, 2.45) is 5.92 Å². The SMILES string of the molecule is CCNC(CO)(CN(C)C(C)C)C1CC1. The summed E-state index contributed by atoms with van der Waals surface area (Å²) in [6, 6.07) is 0.535. The summed E-state index contributed by atoms with van der Waals surface area (Å²) in [7, 11) is 2.13. The van der Waals surface area contributed by atoms with Crippen molar-refractivity contribution in [3.8, 4) is 0 Å². The lowest BCUT2D eigenvalue weighted by Gasteiger charge is -2.38. The third-order valence-corrected chi connectivity index (χ3v) is 3.58. The Bertz CT molecular complexity index is 192. The van der Waals surface area contributed by atoms with E-state index in [4.69, 9.17) is 0 Å². The molecule has 1 saturated carbocycles. The van der Waals surface area contributed by atoms with E-state index < -0.39 is 0 Å². The summed E-state index contributed by atoms with van der Waals surface area (Å²) in [4.78, 5) is 2.32. The summed E-state index contributed by atoms with van der Waals surface area (Å²) in [6.45, 7) is 8.63. The zero-order valence-electron chi connectivity index (χ0n) is 10.6. The Hall–Kier alpha value is -0.120. The standard InChI is InChI=1S/C12H26N2O/c1-5-13-12(9-15,11-6-7-11)8-14(4)10(2)3/h10-11,13,15H,5-9H2,1-4H3. The number of hydrogen-bond acceptors (Lipinski definition) is 3. The van der Waals surface area contributed by atoms with Crippen molar-refractivity contribution in [3.05, 3.63) is 0 Å². The molecule has 0 spiro atoms. The van der Waals surface area contributed by atoms with Crippen molar-refractivity contribution in [2.45, 2.75) is 45.2 Å². The van der Waals surface area contributed by atoms with Crippen LogP contribution in [0.1, 0.15) is 33.6 Å². The summed E-state index contributed by atoms with van der Waals surface area (Å²) in [5.74, 6) is 0.670. The summed E-state index contributed by atoms with van der Waals surface area (Å²) in [6.07, 6.45) is 2.53. The second kappa shape index (κ2) is 5.28. The van der Waals surface area contributed by atoms with Crippen LogP contribution in [0.25, 0.3) is 0 Å². The molecule has 90 valence electrons. The maximum Gasteiger partial charge on any atom is 0.0628 e. The van der Waals surface area contributed by atoms with Crippen LogP contribution in [0.2, 0.25) is 0 Å².